The molecule has 2 heterocycles. The summed E-state index contributed by atoms with van der Waals surface area (Å²) in [6.07, 6.45) is -0.850. The summed E-state index contributed by atoms with van der Waals surface area (Å²) in [5.74, 6) is 0.00224. The number of para-hydroxylation sites is 1. The quantitative estimate of drug-likeness (QED) is 0.628. The number of carbonyl (C=O) groups is 1. The Balaban J connectivity index is 1.50. The van der Waals surface area contributed by atoms with Gasteiger partial charge in [0.05, 0.1) is 30.2 Å². The number of halogens is 3. The Morgan fingerprint density at radius 3 is 2.58 bits per heavy atom. The van der Waals surface area contributed by atoms with Crippen LogP contribution < -0.4 is 4.74 Å². The molecule has 0 saturated carbocycles. The zero-order valence-electron chi connectivity index (χ0n) is 17.9. The van der Waals surface area contributed by atoms with E-state index < -0.39 is 17.9 Å². The summed E-state index contributed by atoms with van der Waals surface area (Å²) in [4.78, 5) is 16.3. The van der Waals surface area contributed by atoms with Crippen molar-refractivity contribution in [1.82, 2.24) is 19.9 Å². The zero-order valence-corrected chi connectivity index (χ0v) is 17.9. The Morgan fingerprint density at radius 2 is 1.85 bits per heavy atom. The number of aliphatic hydroxyl groups is 1. The van der Waals surface area contributed by atoms with Crippen LogP contribution >= 0.6 is 0 Å². The number of piperidine rings is 1. The molecule has 1 N–H and O–H groups in total. The molecular weight excluding hydrogens is 437 g/mol. The van der Waals surface area contributed by atoms with Gasteiger partial charge in [-0.1, -0.05) is 24.3 Å². The van der Waals surface area contributed by atoms with Gasteiger partial charge in [0.2, 0.25) is 0 Å². The molecule has 0 bridgehead atoms. The van der Waals surface area contributed by atoms with Crippen molar-refractivity contribution in [2.24, 2.45) is 0 Å². The van der Waals surface area contributed by atoms with Crippen molar-refractivity contribution in [2.75, 3.05) is 13.1 Å². The number of hydrogen-bond donors (Lipinski definition) is 1. The van der Waals surface area contributed by atoms with Crippen molar-refractivity contribution in [3.05, 3.63) is 72.1 Å². The number of carbonyl (C=O) groups excluding carboxylic acids is 1. The molecule has 1 aromatic heterocycles. The molecule has 10 heteroatoms. The Labute approximate surface area is 188 Å². The molecule has 174 valence electrons. The van der Waals surface area contributed by atoms with Crippen LogP contribution in [0.15, 0.2) is 60.9 Å². The second-order valence-corrected chi connectivity index (χ2v) is 8.07. The van der Waals surface area contributed by atoms with Gasteiger partial charge in [0.15, 0.2) is 5.60 Å². The van der Waals surface area contributed by atoms with Gasteiger partial charge in [-0.25, -0.2) is 0 Å². The molecule has 1 aliphatic rings. The SMILES string of the molecule is CC(O)(c1cccc(OC2CCCN(C(=O)c3ccccc3-n3nccn3)C2)c1)C(F)(F)F. The second-order valence-electron chi connectivity index (χ2n) is 8.07. The number of amides is 1. The predicted molar refractivity (Wildman–Crippen MR) is 113 cm³/mol. The van der Waals surface area contributed by atoms with E-state index >= 15 is 0 Å². The number of hydrogen-bond acceptors (Lipinski definition) is 5. The third-order valence-electron chi connectivity index (χ3n) is 5.68. The molecule has 2 aromatic carbocycles. The van der Waals surface area contributed by atoms with Gasteiger partial charge >= 0.3 is 6.18 Å². The standard InChI is InChI=1S/C23H23F3N4O3/c1-22(32,23(24,25)26)16-6-4-7-17(14-16)33-18-8-5-13-29(15-18)21(31)19-9-2-3-10-20(19)30-27-11-12-28-30/h2-4,6-7,9-12,14,18,32H,5,8,13,15H2,1H3. The Morgan fingerprint density at radius 1 is 1.12 bits per heavy atom. The highest BCUT2D eigenvalue weighted by molar-refractivity contribution is 5.97. The number of likely N-dealkylation sites (tertiary alicyclic amines) is 1. The van der Waals surface area contributed by atoms with Crippen molar-refractivity contribution < 1.29 is 27.8 Å². The average molecular weight is 460 g/mol. The first-order valence-electron chi connectivity index (χ1n) is 10.5. The maximum atomic E-state index is 13.3. The molecule has 0 spiro atoms. The van der Waals surface area contributed by atoms with E-state index in [9.17, 15) is 23.1 Å². The number of alkyl halides is 3. The Kier molecular flexibility index (Phi) is 6.11. The highest BCUT2D eigenvalue weighted by Crippen LogP contribution is 2.39. The maximum Gasteiger partial charge on any atom is 0.421 e. The van der Waals surface area contributed by atoms with Crippen molar-refractivity contribution in [2.45, 2.75) is 37.6 Å². The summed E-state index contributed by atoms with van der Waals surface area (Å²) in [6, 6.07) is 12.3. The highest BCUT2D eigenvalue weighted by atomic mass is 19.4. The van der Waals surface area contributed by atoms with E-state index in [1.165, 1.54) is 41.5 Å². The van der Waals surface area contributed by atoms with Crippen LogP contribution in [0.5, 0.6) is 5.75 Å². The summed E-state index contributed by atoms with van der Waals surface area (Å²) < 4.78 is 45.5. The second kappa shape index (κ2) is 8.86. The van der Waals surface area contributed by atoms with Crippen LogP contribution in [0, 0.1) is 0 Å². The van der Waals surface area contributed by atoms with Crippen LogP contribution in [0.3, 0.4) is 0 Å². The summed E-state index contributed by atoms with van der Waals surface area (Å²) in [6.45, 7) is 1.51. The molecule has 0 aliphatic carbocycles. The minimum Gasteiger partial charge on any atom is -0.489 e. The van der Waals surface area contributed by atoms with E-state index in [1.54, 1.807) is 29.2 Å². The topological polar surface area (TPSA) is 80.5 Å². The first kappa shape index (κ1) is 22.8. The van der Waals surface area contributed by atoms with E-state index in [-0.39, 0.29) is 23.8 Å². The molecule has 1 saturated heterocycles. The van der Waals surface area contributed by atoms with E-state index in [0.717, 1.165) is 0 Å². The lowest BCUT2D eigenvalue weighted by molar-refractivity contribution is -0.258. The summed E-state index contributed by atoms with van der Waals surface area (Å²) in [7, 11) is 0. The molecule has 2 atom stereocenters. The van der Waals surface area contributed by atoms with Crippen LogP contribution in [0.25, 0.3) is 5.69 Å². The molecule has 1 aliphatic heterocycles. The molecule has 7 nitrogen and oxygen atoms in total. The van der Waals surface area contributed by atoms with E-state index in [4.69, 9.17) is 4.74 Å². The van der Waals surface area contributed by atoms with Crippen molar-refractivity contribution in [3.63, 3.8) is 0 Å². The Bertz CT molecular complexity index is 1120. The smallest absolute Gasteiger partial charge is 0.421 e. The highest BCUT2D eigenvalue weighted by Gasteiger charge is 2.51. The molecule has 33 heavy (non-hydrogen) atoms. The number of nitrogens with zero attached hydrogens (tertiary/aromatic N) is 4. The molecule has 4 rings (SSSR count). The zero-order chi connectivity index (χ0) is 23.6. The minimum atomic E-state index is -4.82. The average Bonchev–Trinajstić information content (AvgIpc) is 3.33. The monoisotopic (exact) mass is 460 g/mol. The van der Waals surface area contributed by atoms with Crippen molar-refractivity contribution in [1.29, 1.82) is 0 Å². The van der Waals surface area contributed by atoms with Gasteiger partial charge in [-0.05, 0) is 49.6 Å². The molecule has 1 amide bonds. The first-order valence-corrected chi connectivity index (χ1v) is 10.5. The summed E-state index contributed by atoms with van der Waals surface area (Å²) in [5, 5.41) is 18.2. The van der Waals surface area contributed by atoms with E-state index in [0.29, 0.717) is 37.6 Å². The molecule has 3 aromatic rings. The lowest BCUT2D eigenvalue weighted by atomic mass is 9.95. The summed E-state index contributed by atoms with van der Waals surface area (Å²) >= 11 is 0. The van der Waals surface area contributed by atoms with Gasteiger partial charge in [-0.15, -0.1) is 0 Å². The van der Waals surface area contributed by atoms with Crippen molar-refractivity contribution >= 4 is 5.91 Å². The van der Waals surface area contributed by atoms with Gasteiger partial charge in [-0.2, -0.15) is 28.2 Å². The van der Waals surface area contributed by atoms with E-state index in [2.05, 4.69) is 10.2 Å². The van der Waals surface area contributed by atoms with Gasteiger partial charge in [-0.3, -0.25) is 4.79 Å². The lowest BCUT2D eigenvalue weighted by Crippen LogP contribution is -2.44. The fourth-order valence-corrected chi connectivity index (χ4v) is 3.79. The van der Waals surface area contributed by atoms with Gasteiger partial charge < -0.3 is 14.7 Å². The summed E-state index contributed by atoms with van der Waals surface area (Å²) in [5.41, 5.74) is -2.31. The predicted octanol–water partition coefficient (Wildman–Crippen LogP) is 3.72. The molecule has 1 fully saturated rings. The van der Waals surface area contributed by atoms with Crippen LogP contribution in [0.2, 0.25) is 0 Å². The molecular formula is C23H23F3N4O3. The van der Waals surface area contributed by atoms with Crippen LogP contribution in [-0.2, 0) is 5.60 Å². The van der Waals surface area contributed by atoms with Gasteiger partial charge in [0.25, 0.3) is 5.91 Å². The molecule has 2 unspecified atom stereocenters. The van der Waals surface area contributed by atoms with Crippen molar-refractivity contribution in [3.8, 4) is 11.4 Å². The third-order valence-corrected chi connectivity index (χ3v) is 5.68. The fraction of sp³-hybridized carbons (Fsp3) is 0.348. The number of benzene rings is 2. The molecule has 0 radical (unpaired) electrons. The number of rotatable bonds is 5. The van der Waals surface area contributed by atoms with E-state index in [1.807, 2.05) is 0 Å². The lowest BCUT2D eigenvalue weighted by Gasteiger charge is -2.33. The first-order chi connectivity index (χ1) is 15.7. The number of aromatic nitrogens is 3. The fourth-order valence-electron chi connectivity index (χ4n) is 3.79. The van der Waals surface area contributed by atoms with Crippen LogP contribution in [0.4, 0.5) is 13.2 Å². The third kappa shape index (κ3) is 4.70. The number of ether oxygens (including phenoxy) is 1. The normalized spacial score (nSPS) is 18.6. The maximum absolute atomic E-state index is 13.3. The largest absolute Gasteiger partial charge is 0.489 e. The van der Waals surface area contributed by atoms with Gasteiger partial charge in [0, 0.05) is 6.54 Å². The Hall–Kier alpha value is -3.40. The van der Waals surface area contributed by atoms with Crippen LogP contribution in [0.1, 0.15) is 35.7 Å². The van der Waals surface area contributed by atoms with Gasteiger partial charge in [0.1, 0.15) is 11.9 Å². The minimum absolute atomic E-state index is 0.204. The van der Waals surface area contributed by atoms with Crippen LogP contribution in [-0.4, -0.2) is 56.3 Å².